The van der Waals surface area contributed by atoms with Gasteiger partial charge in [-0.15, -0.1) is 0 Å². The van der Waals surface area contributed by atoms with Gasteiger partial charge in [0.2, 0.25) is 0 Å². The maximum Gasteiger partial charge on any atom is 0.255 e. The van der Waals surface area contributed by atoms with Crippen LogP contribution in [0.3, 0.4) is 0 Å². The minimum atomic E-state index is -0.126. The van der Waals surface area contributed by atoms with E-state index in [1.54, 1.807) is 0 Å². The Morgan fingerprint density at radius 1 is 1.07 bits per heavy atom. The number of rotatable bonds is 5. The van der Waals surface area contributed by atoms with E-state index in [1.807, 2.05) is 91.3 Å². The third kappa shape index (κ3) is 3.88. The van der Waals surface area contributed by atoms with Gasteiger partial charge in [-0.1, -0.05) is 29.8 Å². The van der Waals surface area contributed by atoms with Crippen molar-refractivity contribution in [3.63, 3.8) is 0 Å². The lowest BCUT2D eigenvalue weighted by atomic mass is 10.1. The second-order valence-corrected chi connectivity index (χ2v) is 6.79. The highest BCUT2D eigenvalue weighted by Crippen LogP contribution is 2.20. The Bertz CT molecular complexity index is 1110. The lowest BCUT2D eigenvalue weighted by Crippen LogP contribution is -2.13. The molecule has 0 fully saturated rings. The molecule has 5 heteroatoms. The Labute approximate surface area is 163 Å². The molecule has 5 nitrogen and oxygen atoms in total. The number of pyridine rings is 1. The minimum absolute atomic E-state index is 0.126. The number of fused-ring (bicyclic) bond motifs is 1. The predicted molar refractivity (Wildman–Crippen MR) is 110 cm³/mol. The molecule has 2 aromatic heterocycles. The van der Waals surface area contributed by atoms with Crippen LogP contribution in [0.4, 0.5) is 5.69 Å². The Morgan fingerprint density at radius 3 is 2.82 bits per heavy atom. The average Bonchev–Trinajstić information content (AvgIpc) is 3.11. The smallest absolute Gasteiger partial charge is 0.255 e. The molecule has 140 valence electrons. The summed E-state index contributed by atoms with van der Waals surface area (Å²) in [6.45, 7) is 4.27. The molecule has 1 amide bonds. The van der Waals surface area contributed by atoms with E-state index in [4.69, 9.17) is 4.74 Å². The number of hydrogen-bond donors (Lipinski definition) is 1. The van der Waals surface area contributed by atoms with Crippen LogP contribution < -0.4 is 10.1 Å². The molecular weight excluding hydrogens is 350 g/mol. The molecule has 1 N–H and O–H groups in total. The molecule has 2 aromatic carbocycles. The minimum Gasteiger partial charge on any atom is -0.487 e. The number of nitrogens with zero attached hydrogens (tertiary/aromatic N) is 2. The summed E-state index contributed by atoms with van der Waals surface area (Å²) in [5, 5.41) is 2.95. The molecule has 0 spiro atoms. The Balaban J connectivity index is 1.45. The average molecular weight is 371 g/mol. The Hall–Kier alpha value is -3.60. The van der Waals surface area contributed by atoms with Crippen LogP contribution in [0.15, 0.2) is 73.1 Å². The number of carbonyl (C=O) groups is 1. The zero-order valence-corrected chi connectivity index (χ0v) is 15.8. The highest BCUT2D eigenvalue weighted by Gasteiger charge is 2.10. The van der Waals surface area contributed by atoms with Crippen LogP contribution in [0.2, 0.25) is 0 Å². The van der Waals surface area contributed by atoms with Gasteiger partial charge in [0.05, 0.1) is 5.69 Å². The maximum atomic E-state index is 12.6. The molecule has 0 saturated carbocycles. The van der Waals surface area contributed by atoms with Gasteiger partial charge < -0.3 is 14.5 Å². The fraction of sp³-hybridized carbons (Fsp3) is 0.130. The molecule has 0 unspecified atom stereocenters. The lowest BCUT2D eigenvalue weighted by Gasteiger charge is -2.10. The van der Waals surface area contributed by atoms with Crippen molar-refractivity contribution in [2.24, 2.45) is 0 Å². The molecule has 0 aliphatic rings. The summed E-state index contributed by atoms with van der Waals surface area (Å²) in [6.07, 6.45) is 3.90. The first-order valence-corrected chi connectivity index (χ1v) is 9.12. The number of anilines is 1. The molecule has 2 heterocycles. The van der Waals surface area contributed by atoms with Crippen LogP contribution in [-0.4, -0.2) is 15.3 Å². The largest absolute Gasteiger partial charge is 0.487 e. The third-order valence-corrected chi connectivity index (χ3v) is 4.53. The van der Waals surface area contributed by atoms with E-state index in [1.165, 1.54) is 0 Å². The molecule has 4 rings (SSSR count). The van der Waals surface area contributed by atoms with E-state index < -0.39 is 0 Å². The second kappa shape index (κ2) is 7.56. The fourth-order valence-corrected chi connectivity index (χ4v) is 3.06. The summed E-state index contributed by atoms with van der Waals surface area (Å²) in [5.74, 6) is 0.550. The lowest BCUT2D eigenvalue weighted by molar-refractivity contribution is 0.102. The number of benzene rings is 2. The van der Waals surface area contributed by atoms with Crippen molar-refractivity contribution in [3.05, 3.63) is 95.4 Å². The molecule has 0 saturated heterocycles. The van der Waals surface area contributed by atoms with Crippen LogP contribution >= 0.6 is 0 Å². The van der Waals surface area contributed by atoms with Crippen LogP contribution in [0.1, 0.15) is 27.2 Å². The Morgan fingerprint density at radius 2 is 1.96 bits per heavy atom. The number of aromatic nitrogens is 2. The van der Waals surface area contributed by atoms with Crippen molar-refractivity contribution in [2.45, 2.75) is 20.5 Å². The number of hydrogen-bond acceptors (Lipinski definition) is 3. The second-order valence-electron chi connectivity index (χ2n) is 6.79. The standard InChI is InChI=1S/C23H21N3O2/c1-16-9-10-17(2)21(12-16)23(27)25-18-6-5-7-20(13-18)28-15-19-14-26-11-4-3-8-22(26)24-19/h3-14H,15H2,1-2H3,(H,25,27). The normalized spacial score (nSPS) is 10.8. The van der Waals surface area contributed by atoms with Gasteiger partial charge in [-0.05, 0) is 49.7 Å². The topological polar surface area (TPSA) is 55.6 Å². The van der Waals surface area contributed by atoms with Gasteiger partial charge in [-0.25, -0.2) is 4.98 Å². The van der Waals surface area contributed by atoms with Crippen LogP contribution in [-0.2, 0) is 6.61 Å². The molecule has 0 radical (unpaired) electrons. The van der Waals surface area contributed by atoms with Crippen molar-refractivity contribution in [3.8, 4) is 5.75 Å². The molecular formula is C23H21N3O2. The van der Waals surface area contributed by atoms with E-state index in [0.29, 0.717) is 23.6 Å². The monoisotopic (exact) mass is 371 g/mol. The van der Waals surface area contributed by atoms with E-state index in [-0.39, 0.29) is 5.91 Å². The van der Waals surface area contributed by atoms with E-state index >= 15 is 0 Å². The van der Waals surface area contributed by atoms with E-state index in [2.05, 4.69) is 10.3 Å². The van der Waals surface area contributed by atoms with Gasteiger partial charge >= 0.3 is 0 Å². The van der Waals surface area contributed by atoms with E-state index in [9.17, 15) is 4.79 Å². The molecule has 0 bridgehead atoms. The molecule has 0 aliphatic carbocycles. The van der Waals surface area contributed by atoms with Crippen LogP contribution in [0, 0.1) is 13.8 Å². The number of carbonyl (C=O) groups excluding carboxylic acids is 1. The van der Waals surface area contributed by atoms with Gasteiger partial charge in [0, 0.05) is 29.7 Å². The summed E-state index contributed by atoms with van der Waals surface area (Å²) in [7, 11) is 0. The SMILES string of the molecule is Cc1ccc(C)c(C(=O)Nc2cccc(OCc3cn4ccccc4n3)c2)c1. The van der Waals surface area contributed by atoms with Gasteiger partial charge in [0.15, 0.2) is 0 Å². The maximum absolute atomic E-state index is 12.6. The Kier molecular flexibility index (Phi) is 4.81. The summed E-state index contributed by atoms with van der Waals surface area (Å²) >= 11 is 0. The van der Waals surface area contributed by atoms with Crippen molar-refractivity contribution >= 4 is 17.2 Å². The van der Waals surface area contributed by atoms with Crippen molar-refractivity contribution in [1.82, 2.24) is 9.38 Å². The molecule has 28 heavy (non-hydrogen) atoms. The highest BCUT2D eigenvalue weighted by atomic mass is 16.5. The number of ether oxygens (including phenoxy) is 1. The number of nitrogens with one attached hydrogen (secondary N) is 1. The summed E-state index contributed by atoms with van der Waals surface area (Å²) in [6, 6.07) is 19.1. The highest BCUT2D eigenvalue weighted by molar-refractivity contribution is 6.05. The summed E-state index contributed by atoms with van der Waals surface area (Å²) in [4.78, 5) is 17.1. The predicted octanol–water partition coefficient (Wildman–Crippen LogP) is 4.78. The zero-order chi connectivity index (χ0) is 19.5. The van der Waals surface area contributed by atoms with Gasteiger partial charge in [0.25, 0.3) is 5.91 Å². The quantitative estimate of drug-likeness (QED) is 0.549. The first-order chi connectivity index (χ1) is 13.6. The van der Waals surface area contributed by atoms with E-state index in [0.717, 1.165) is 22.5 Å². The van der Waals surface area contributed by atoms with Crippen LogP contribution in [0.5, 0.6) is 5.75 Å². The van der Waals surface area contributed by atoms with Crippen molar-refractivity contribution in [1.29, 1.82) is 0 Å². The zero-order valence-electron chi connectivity index (χ0n) is 15.8. The fourth-order valence-electron chi connectivity index (χ4n) is 3.06. The first kappa shape index (κ1) is 17.8. The van der Waals surface area contributed by atoms with Gasteiger partial charge in [-0.2, -0.15) is 0 Å². The van der Waals surface area contributed by atoms with Crippen LogP contribution in [0.25, 0.3) is 5.65 Å². The first-order valence-electron chi connectivity index (χ1n) is 9.12. The number of aryl methyl sites for hydroxylation is 2. The van der Waals surface area contributed by atoms with Crippen molar-refractivity contribution in [2.75, 3.05) is 5.32 Å². The third-order valence-electron chi connectivity index (χ3n) is 4.53. The molecule has 0 atom stereocenters. The van der Waals surface area contributed by atoms with Gasteiger partial charge in [-0.3, -0.25) is 4.79 Å². The molecule has 4 aromatic rings. The summed E-state index contributed by atoms with van der Waals surface area (Å²) in [5.41, 5.74) is 5.10. The molecule has 0 aliphatic heterocycles. The van der Waals surface area contributed by atoms with Crippen molar-refractivity contribution < 1.29 is 9.53 Å². The summed E-state index contributed by atoms with van der Waals surface area (Å²) < 4.78 is 7.82. The van der Waals surface area contributed by atoms with Gasteiger partial charge in [0.1, 0.15) is 18.0 Å². The number of amides is 1. The number of imidazole rings is 1.